The van der Waals surface area contributed by atoms with Gasteiger partial charge in [0, 0.05) is 30.3 Å². The largest absolute Gasteiger partial charge is 0.353 e. The fraction of sp³-hybridized carbons (Fsp3) is 0.537. The Morgan fingerprint density at radius 3 is 2.32 bits per heavy atom. The molecule has 5 nitrogen and oxygen atoms in total. The summed E-state index contributed by atoms with van der Waals surface area (Å²) < 4.78 is 10.8. The van der Waals surface area contributed by atoms with Gasteiger partial charge in [0.1, 0.15) is 0 Å². The number of unbranched alkanes of at least 4 members (excludes halogenated alkanes) is 1. The van der Waals surface area contributed by atoms with Crippen LogP contribution in [-0.2, 0) is 22.3 Å². The Morgan fingerprint density at radius 2 is 1.62 bits per heavy atom. The highest BCUT2D eigenvalue weighted by atomic mass is 35.5. The van der Waals surface area contributed by atoms with Gasteiger partial charge in [-0.2, -0.15) is 0 Å². The number of benzene rings is 3. The molecule has 3 aromatic rings. The number of nitrogens with one attached hydrogen (secondary N) is 1. The van der Waals surface area contributed by atoms with Gasteiger partial charge in [-0.1, -0.05) is 54.9 Å². The molecule has 0 saturated carbocycles. The predicted octanol–water partition coefficient (Wildman–Crippen LogP) is 9.52. The fourth-order valence-electron chi connectivity index (χ4n) is 7.25. The van der Waals surface area contributed by atoms with Crippen LogP contribution in [0.1, 0.15) is 110 Å². The van der Waals surface area contributed by atoms with Crippen molar-refractivity contribution < 1.29 is 14.3 Å². The number of carbonyl (C=O) groups is 1. The van der Waals surface area contributed by atoms with Crippen LogP contribution in [-0.4, -0.2) is 56.5 Å². The summed E-state index contributed by atoms with van der Waals surface area (Å²) in [6.45, 7) is 10.4. The normalized spacial score (nSPS) is 18.6. The molecule has 3 aliphatic rings. The summed E-state index contributed by atoms with van der Waals surface area (Å²) in [5.41, 5.74) is 9.35. The van der Waals surface area contributed by atoms with Crippen LogP contribution in [0, 0.1) is 6.92 Å². The van der Waals surface area contributed by atoms with E-state index in [-0.39, 0.29) is 12.2 Å². The predicted molar refractivity (Wildman–Crippen MR) is 195 cm³/mol. The van der Waals surface area contributed by atoms with Crippen LogP contribution in [0.3, 0.4) is 0 Å². The van der Waals surface area contributed by atoms with E-state index >= 15 is 0 Å². The Labute approximate surface area is 288 Å². The first-order valence-electron chi connectivity index (χ1n) is 18.2. The summed E-state index contributed by atoms with van der Waals surface area (Å²) in [5.74, 6) is 0.720. The van der Waals surface area contributed by atoms with Crippen LogP contribution in [0.4, 0.5) is 0 Å². The molecule has 2 aliphatic heterocycles. The van der Waals surface area contributed by atoms with Crippen LogP contribution in [0.2, 0.25) is 5.02 Å². The van der Waals surface area contributed by atoms with Gasteiger partial charge in [0.05, 0.1) is 0 Å². The monoisotopic (exact) mass is 658 g/mol. The molecule has 1 N–H and O–H groups in total. The second-order valence-electron chi connectivity index (χ2n) is 13.5. The minimum absolute atomic E-state index is 0.00360. The molecule has 6 heteroatoms. The standard InChI is InChI=1S/C33H39ClN2O.C8H16O2/c1-24-31-7-3-2-6-27(31)14-17-32(24)28-18-22-36(23-19-28)21-5-4-20-35-33(37)29-10-8-25(9-11-29)26-12-15-30(34)16-13-26;1-2-6-9-8-5-3-4-7-10-8/h8-17,28H,2-7,18-23H2,1H3,(H,35,37);8H,2-7H2,1H3. The maximum absolute atomic E-state index is 12.6. The number of nitrogens with zero attached hydrogens (tertiary/aromatic N) is 1. The third-order valence-corrected chi connectivity index (χ3v) is 10.3. The van der Waals surface area contributed by atoms with Gasteiger partial charge in [-0.05, 0) is 167 Å². The van der Waals surface area contributed by atoms with Crippen molar-refractivity contribution in [2.24, 2.45) is 0 Å². The summed E-state index contributed by atoms with van der Waals surface area (Å²) in [6.07, 6.45) is 14.7. The molecule has 3 aromatic carbocycles. The molecule has 254 valence electrons. The number of fused-ring (bicyclic) bond motifs is 1. The van der Waals surface area contributed by atoms with Crippen LogP contribution >= 0.6 is 11.6 Å². The SMILES string of the molecule is CCCOC1CCCCO1.Cc1c(C2CCN(CCCCNC(=O)c3ccc(-c4ccc(Cl)cc4)cc3)CC2)ccc2c1CCCC2. The number of amides is 1. The molecular weight excluding hydrogens is 604 g/mol. The first-order chi connectivity index (χ1) is 23.0. The zero-order chi connectivity index (χ0) is 32.8. The number of piperidine rings is 1. The molecule has 2 fully saturated rings. The Morgan fingerprint density at radius 1 is 0.894 bits per heavy atom. The van der Waals surface area contributed by atoms with Crippen molar-refractivity contribution in [3.8, 4) is 11.1 Å². The van der Waals surface area contributed by atoms with Gasteiger partial charge >= 0.3 is 0 Å². The van der Waals surface area contributed by atoms with Gasteiger partial charge in [0.25, 0.3) is 5.91 Å². The lowest BCUT2D eigenvalue weighted by atomic mass is 9.80. The number of rotatable bonds is 11. The third-order valence-electron chi connectivity index (χ3n) is 10.0. The third kappa shape index (κ3) is 10.6. The van der Waals surface area contributed by atoms with Crippen molar-refractivity contribution in [1.29, 1.82) is 0 Å². The highest BCUT2D eigenvalue weighted by Gasteiger charge is 2.24. The summed E-state index contributed by atoms with van der Waals surface area (Å²) >= 11 is 5.98. The van der Waals surface area contributed by atoms with E-state index in [9.17, 15) is 4.79 Å². The maximum atomic E-state index is 12.6. The van der Waals surface area contributed by atoms with Gasteiger partial charge < -0.3 is 19.7 Å². The van der Waals surface area contributed by atoms with Crippen molar-refractivity contribution in [3.63, 3.8) is 0 Å². The quantitative estimate of drug-likeness (QED) is 0.209. The fourth-order valence-corrected chi connectivity index (χ4v) is 7.38. The van der Waals surface area contributed by atoms with Crippen molar-refractivity contribution in [2.75, 3.05) is 39.4 Å². The minimum Gasteiger partial charge on any atom is -0.353 e. The highest BCUT2D eigenvalue weighted by Crippen LogP contribution is 2.35. The zero-order valence-electron chi connectivity index (χ0n) is 28.7. The number of ether oxygens (including phenoxy) is 2. The average Bonchev–Trinajstić information content (AvgIpc) is 3.12. The van der Waals surface area contributed by atoms with Crippen molar-refractivity contribution in [1.82, 2.24) is 10.2 Å². The number of hydrogen-bond acceptors (Lipinski definition) is 4. The summed E-state index contributed by atoms with van der Waals surface area (Å²) in [6, 6.07) is 20.4. The molecular formula is C41H55ClN2O3. The lowest BCUT2D eigenvalue weighted by Gasteiger charge is -2.33. The van der Waals surface area contributed by atoms with Gasteiger partial charge in [-0.15, -0.1) is 0 Å². The van der Waals surface area contributed by atoms with E-state index in [1.807, 2.05) is 48.5 Å². The molecule has 0 aromatic heterocycles. The average molecular weight is 659 g/mol. The maximum Gasteiger partial charge on any atom is 0.251 e. The van der Waals surface area contributed by atoms with E-state index < -0.39 is 0 Å². The van der Waals surface area contributed by atoms with Crippen LogP contribution in [0.25, 0.3) is 11.1 Å². The van der Waals surface area contributed by atoms with E-state index in [1.54, 1.807) is 22.3 Å². The number of hydrogen-bond donors (Lipinski definition) is 1. The summed E-state index contributed by atoms with van der Waals surface area (Å²) in [5, 5.41) is 3.81. The summed E-state index contributed by atoms with van der Waals surface area (Å²) in [4.78, 5) is 15.2. The molecule has 0 bridgehead atoms. The number of aryl methyl sites for hydroxylation is 1. The molecule has 1 aliphatic carbocycles. The Bertz CT molecular complexity index is 1380. The molecule has 1 unspecified atom stereocenters. The molecule has 2 heterocycles. The second kappa shape index (κ2) is 18.7. The molecule has 2 saturated heterocycles. The van der Waals surface area contributed by atoms with Crippen molar-refractivity contribution >= 4 is 17.5 Å². The first-order valence-corrected chi connectivity index (χ1v) is 18.6. The molecule has 1 amide bonds. The molecule has 0 spiro atoms. The van der Waals surface area contributed by atoms with Crippen molar-refractivity contribution in [2.45, 2.75) is 103 Å². The summed E-state index contributed by atoms with van der Waals surface area (Å²) in [7, 11) is 0. The van der Waals surface area contributed by atoms with E-state index in [0.29, 0.717) is 11.5 Å². The van der Waals surface area contributed by atoms with Gasteiger partial charge in [0.2, 0.25) is 0 Å². The van der Waals surface area contributed by atoms with Crippen LogP contribution in [0.15, 0.2) is 60.7 Å². The van der Waals surface area contributed by atoms with Crippen LogP contribution in [0.5, 0.6) is 0 Å². The van der Waals surface area contributed by atoms with E-state index in [2.05, 4.69) is 36.2 Å². The Hall–Kier alpha value is -2.70. The van der Waals surface area contributed by atoms with Gasteiger partial charge in [-0.25, -0.2) is 0 Å². The second-order valence-corrected chi connectivity index (χ2v) is 13.9. The Balaban J connectivity index is 0.000000371. The molecule has 0 radical (unpaired) electrons. The molecule has 47 heavy (non-hydrogen) atoms. The number of halogens is 1. The topological polar surface area (TPSA) is 50.8 Å². The first kappa shape index (κ1) is 35.6. The van der Waals surface area contributed by atoms with E-state index in [1.165, 1.54) is 64.5 Å². The molecule has 6 rings (SSSR count). The number of carbonyl (C=O) groups excluding carboxylic acids is 1. The van der Waals surface area contributed by atoms with E-state index in [0.717, 1.165) is 68.1 Å². The highest BCUT2D eigenvalue weighted by molar-refractivity contribution is 6.30. The Kier molecular flexibility index (Phi) is 14.2. The van der Waals surface area contributed by atoms with Crippen molar-refractivity contribution in [3.05, 3.63) is 93.5 Å². The number of likely N-dealkylation sites (tertiary alicyclic amines) is 1. The smallest absolute Gasteiger partial charge is 0.251 e. The van der Waals surface area contributed by atoms with E-state index in [4.69, 9.17) is 21.1 Å². The minimum atomic E-state index is 0.00360. The lowest BCUT2D eigenvalue weighted by molar-refractivity contribution is -0.162. The van der Waals surface area contributed by atoms with Gasteiger partial charge in [0.15, 0.2) is 6.29 Å². The molecule has 1 atom stereocenters. The van der Waals surface area contributed by atoms with Crippen LogP contribution < -0.4 is 5.32 Å². The van der Waals surface area contributed by atoms with Gasteiger partial charge in [-0.3, -0.25) is 4.79 Å². The lowest BCUT2D eigenvalue weighted by Crippen LogP contribution is -2.34. The zero-order valence-corrected chi connectivity index (χ0v) is 29.5.